The summed E-state index contributed by atoms with van der Waals surface area (Å²) in [6, 6.07) is 3.28. The predicted octanol–water partition coefficient (Wildman–Crippen LogP) is 1.75. The number of halogens is 3. The molecule has 0 radical (unpaired) electrons. The third-order valence-electron chi connectivity index (χ3n) is 3.17. The van der Waals surface area contributed by atoms with E-state index in [9.17, 15) is 13.6 Å². The van der Waals surface area contributed by atoms with Crippen LogP contribution in [0.1, 0.15) is 12.5 Å². The topological polar surface area (TPSA) is 32.3 Å². The number of nitrogens with one attached hydrogen (secondary N) is 1. The Morgan fingerprint density at radius 3 is 2.89 bits per heavy atom. The quantitative estimate of drug-likeness (QED) is 0.900. The molecule has 1 aromatic rings. The first-order valence-corrected chi connectivity index (χ1v) is 6.02. The minimum Gasteiger partial charge on any atom is -0.337 e. The molecule has 1 fully saturated rings. The molecule has 1 heterocycles. The van der Waals surface area contributed by atoms with Crippen LogP contribution in [0.25, 0.3) is 0 Å². The Hall–Kier alpha value is -1.20. The van der Waals surface area contributed by atoms with Crippen LogP contribution in [0.5, 0.6) is 0 Å². The Labute approximate surface area is 117 Å². The third kappa shape index (κ3) is 3.88. The number of rotatable bonds is 2. The van der Waals surface area contributed by atoms with Crippen LogP contribution in [0, 0.1) is 11.6 Å². The smallest absolute Gasteiger partial charge is 0.227 e. The third-order valence-corrected chi connectivity index (χ3v) is 3.17. The minimum atomic E-state index is -0.535. The minimum absolute atomic E-state index is 0. The van der Waals surface area contributed by atoms with E-state index < -0.39 is 11.6 Å². The van der Waals surface area contributed by atoms with Crippen molar-refractivity contribution in [1.82, 2.24) is 10.2 Å². The van der Waals surface area contributed by atoms with Crippen molar-refractivity contribution in [3.63, 3.8) is 0 Å². The van der Waals surface area contributed by atoms with Crippen LogP contribution < -0.4 is 5.32 Å². The van der Waals surface area contributed by atoms with Crippen molar-refractivity contribution in [1.29, 1.82) is 0 Å². The van der Waals surface area contributed by atoms with Gasteiger partial charge < -0.3 is 10.2 Å². The highest BCUT2D eigenvalue weighted by Crippen LogP contribution is 2.13. The van der Waals surface area contributed by atoms with Gasteiger partial charge in [0, 0.05) is 31.2 Å². The zero-order valence-corrected chi connectivity index (χ0v) is 11.5. The van der Waals surface area contributed by atoms with Gasteiger partial charge in [-0.05, 0) is 25.1 Å². The van der Waals surface area contributed by atoms with Gasteiger partial charge in [0.2, 0.25) is 5.91 Å². The number of benzene rings is 1. The summed E-state index contributed by atoms with van der Waals surface area (Å²) >= 11 is 0. The molecular formula is C13H17ClF2N2O. The molecule has 1 atom stereocenters. The van der Waals surface area contributed by atoms with Crippen LogP contribution in [0.4, 0.5) is 8.78 Å². The lowest BCUT2D eigenvalue weighted by molar-refractivity contribution is -0.133. The molecule has 0 bridgehead atoms. The second-order valence-electron chi connectivity index (χ2n) is 4.55. The number of carbonyl (C=O) groups excluding carboxylic acids is 1. The van der Waals surface area contributed by atoms with Gasteiger partial charge in [0.25, 0.3) is 0 Å². The molecule has 0 saturated carbocycles. The van der Waals surface area contributed by atoms with Crippen LogP contribution in [0.2, 0.25) is 0 Å². The second kappa shape index (κ2) is 6.82. The Kier molecular flexibility index (Phi) is 5.69. The van der Waals surface area contributed by atoms with Gasteiger partial charge in [0.05, 0.1) is 6.42 Å². The molecule has 0 aliphatic carbocycles. The number of piperazine rings is 1. The molecule has 0 aromatic heterocycles. The predicted molar refractivity (Wildman–Crippen MR) is 71.4 cm³/mol. The lowest BCUT2D eigenvalue weighted by Crippen LogP contribution is -2.52. The summed E-state index contributed by atoms with van der Waals surface area (Å²) < 4.78 is 26.5. The van der Waals surface area contributed by atoms with Crippen molar-refractivity contribution >= 4 is 18.3 Å². The molecule has 1 unspecified atom stereocenters. The maximum atomic E-state index is 13.4. The molecule has 1 aromatic carbocycles. The van der Waals surface area contributed by atoms with E-state index in [1.54, 1.807) is 4.90 Å². The van der Waals surface area contributed by atoms with Crippen LogP contribution in [0.3, 0.4) is 0 Å². The fraction of sp³-hybridized carbons (Fsp3) is 0.462. The van der Waals surface area contributed by atoms with E-state index in [1.807, 2.05) is 6.92 Å². The average molecular weight is 291 g/mol. The van der Waals surface area contributed by atoms with Crippen molar-refractivity contribution < 1.29 is 13.6 Å². The Morgan fingerprint density at radius 1 is 1.47 bits per heavy atom. The lowest BCUT2D eigenvalue weighted by atomic mass is 10.1. The first kappa shape index (κ1) is 15.9. The van der Waals surface area contributed by atoms with Gasteiger partial charge in [-0.2, -0.15) is 0 Å². The largest absolute Gasteiger partial charge is 0.337 e. The normalized spacial score (nSPS) is 18.9. The number of hydrogen-bond donors (Lipinski definition) is 1. The van der Waals surface area contributed by atoms with Gasteiger partial charge in [-0.3, -0.25) is 4.79 Å². The molecule has 6 heteroatoms. The highest BCUT2D eigenvalue weighted by Gasteiger charge is 2.23. The maximum Gasteiger partial charge on any atom is 0.227 e. The second-order valence-corrected chi connectivity index (χ2v) is 4.55. The van der Waals surface area contributed by atoms with Crippen molar-refractivity contribution in [2.75, 3.05) is 19.6 Å². The van der Waals surface area contributed by atoms with Crippen LogP contribution in [-0.4, -0.2) is 36.5 Å². The van der Waals surface area contributed by atoms with E-state index in [-0.39, 0.29) is 36.3 Å². The van der Waals surface area contributed by atoms with Gasteiger partial charge in [0.15, 0.2) is 0 Å². The standard InChI is InChI=1S/C13H16F2N2O.ClH/c1-9-8-16-4-5-17(9)13(18)7-10-6-11(14)2-3-12(10)15;/h2-3,6,9,16H,4-5,7-8H2,1H3;1H. The monoisotopic (exact) mass is 290 g/mol. The van der Waals surface area contributed by atoms with Gasteiger partial charge in [-0.25, -0.2) is 8.78 Å². The van der Waals surface area contributed by atoms with Gasteiger partial charge in [-0.1, -0.05) is 0 Å². The fourth-order valence-electron chi connectivity index (χ4n) is 2.15. The molecular weight excluding hydrogens is 274 g/mol. The number of amides is 1. The van der Waals surface area contributed by atoms with Crippen LogP contribution >= 0.6 is 12.4 Å². The number of carbonyl (C=O) groups is 1. The van der Waals surface area contributed by atoms with E-state index in [4.69, 9.17) is 0 Å². The SMILES string of the molecule is CC1CNCCN1C(=O)Cc1cc(F)ccc1F.Cl. The summed E-state index contributed by atoms with van der Waals surface area (Å²) in [4.78, 5) is 13.8. The zero-order valence-electron chi connectivity index (χ0n) is 10.7. The van der Waals surface area contributed by atoms with Crippen molar-refractivity contribution in [2.24, 2.45) is 0 Å². The molecule has 3 nitrogen and oxygen atoms in total. The van der Waals surface area contributed by atoms with Crippen molar-refractivity contribution in [3.8, 4) is 0 Å². The number of nitrogens with zero attached hydrogens (tertiary/aromatic N) is 1. The van der Waals surface area contributed by atoms with Crippen LogP contribution in [0.15, 0.2) is 18.2 Å². The molecule has 2 rings (SSSR count). The highest BCUT2D eigenvalue weighted by molar-refractivity contribution is 5.85. The van der Waals surface area contributed by atoms with Gasteiger partial charge in [0.1, 0.15) is 11.6 Å². The molecule has 1 amide bonds. The first-order chi connectivity index (χ1) is 8.58. The summed E-state index contributed by atoms with van der Waals surface area (Å²) in [5, 5.41) is 3.18. The van der Waals surface area contributed by atoms with Crippen molar-refractivity contribution in [2.45, 2.75) is 19.4 Å². The van der Waals surface area contributed by atoms with Gasteiger partial charge >= 0.3 is 0 Å². The number of hydrogen-bond acceptors (Lipinski definition) is 2. The summed E-state index contributed by atoms with van der Waals surface area (Å²) in [7, 11) is 0. The maximum absolute atomic E-state index is 13.4. The Morgan fingerprint density at radius 2 is 2.21 bits per heavy atom. The van der Waals surface area contributed by atoms with Crippen LogP contribution in [-0.2, 0) is 11.2 Å². The lowest BCUT2D eigenvalue weighted by Gasteiger charge is -2.34. The summed E-state index contributed by atoms with van der Waals surface area (Å²) in [5.74, 6) is -1.21. The Bertz CT molecular complexity index is 456. The first-order valence-electron chi connectivity index (χ1n) is 6.02. The van der Waals surface area contributed by atoms with E-state index in [1.165, 1.54) is 0 Å². The molecule has 1 N–H and O–H groups in total. The fourth-order valence-corrected chi connectivity index (χ4v) is 2.15. The van der Waals surface area contributed by atoms with E-state index in [2.05, 4.69) is 5.32 Å². The van der Waals surface area contributed by atoms with E-state index in [0.717, 1.165) is 31.3 Å². The highest BCUT2D eigenvalue weighted by atomic mass is 35.5. The molecule has 19 heavy (non-hydrogen) atoms. The van der Waals surface area contributed by atoms with Crippen molar-refractivity contribution in [3.05, 3.63) is 35.4 Å². The zero-order chi connectivity index (χ0) is 13.1. The molecule has 1 aliphatic heterocycles. The summed E-state index contributed by atoms with van der Waals surface area (Å²) in [6.45, 7) is 4.02. The Balaban J connectivity index is 0.00000180. The van der Waals surface area contributed by atoms with Gasteiger partial charge in [-0.15, -0.1) is 12.4 Å². The molecule has 0 spiro atoms. The molecule has 1 aliphatic rings. The van der Waals surface area contributed by atoms with E-state index >= 15 is 0 Å². The average Bonchev–Trinajstić information content (AvgIpc) is 2.34. The molecule has 1 saturated heterocycles. The summed E-state index contributed by atoms with van der Waals surface area (Å²) in [5.41, 5.74) is 0.116. The summed E-state index contributed by atoms with van der Waals surface area (Å²) in [6.07, 6.45) is -0.0894. The molecule has 106 valence electrons. The van der Waals surface area contributed by atoms with E-state index in [0.29, 0.717) is 6.54 Å².